The first-order chi connectivity index (χ1) is 5.15. The average molecular weight is 325 g/mol. The van der Waals surface area contributed by atoms with E-state index in [1.807, 2.05) is 13.8 Å². The molecule has 0 aromatic heterocycles. The number of hydrogen-bond donors (Lipinski definition) is 1. The maximum Gasteiger partial charge on any atom is 0.264 e. The van der Waals surface area contributed by atoms with Gasteiger partial charge in [-0.25, -0.2) is 0 Å². The molecule has 0 aliphatic carbocycles. The Morgan fingerprint density at radius 3 is 2.08 bits per heavy atom. The predicted octanol–water partition coefficient (Wildman–Crippen LogP) is 1.96. The molecule has 0 bridgehead atoms. The van der Waals surface area contributed by atoms with Crippen LogP contribution >= 0.6 is 32.3 Å². The first-order valence-corrected chi connectivity index (χ1v) is 6.25. The third-order valence-corrected chi connectivity index (χ3v) is 4.07. The second-order valence-corrected chi connectivity index (χ2v) is 7.02. The summed E-state index contributed by atoms with van der Waals surface area (Å²) in [5.41, 5.74) is -0.365. The zero-order chi connectivity index (χ0) is 9.99. The van der Waals surface area contributed by atoms with Crippen molar-refractivity contribution in [2.24, 2.45) is 0 Å². The third-order valence-electron chi connectivity index (χ3n) is 1.43. The molecule has 0 heterocycles. The van der Waals surface area contributed by atoms with E-state index in [0.717, 1.165) is 0 Å². The van der Waals surface area contributed by atoms with E-state index >= 15 is 0 Å². The molecular formula is C5H11Br2NO3S. The van der Waals surface area contributed by atoms with E-state index in [4.69, 9.17) is 4.55 Å². The van der Waals surface area contributed by atoms with Crippen LogP contribution in [0.2, 0.25) is 0 Å². The molecule has 7 heteroatoms. The molecule has 12 heavy (non-hydrogen) atoms. The molecule has 74 valence electrons. The molecule has 0 radical (unpaired) electrons. The molecular weight excluding hydrogens is 314 g/mol. The minimum absolute atomic E-state index is 0.242. The highest BCUT2D eigenvalue weighted by Gasteiger charge is 2.25. The van der Waals surface area contributed by atoms with Crippen LogP contribution in [-0.2, 0) is 10.1 Å². The average Bonchev–Trinajstić information content (AvgIpc) is 1.82. The summed E-state index contributed by atoms with van der Waals surface area (Å²) in [7, 11) is -3.86. The van der Waals surface area contributed by atoms with Gasteiger partial charge in [0.05, 0.1) is 5.75 Å². The lowest BCUT2D eigenvalue weighted by atomic mass is 10.0. The molecule has 0 amide bonds. The molecule has 4 nitrogen and oxygen atoms in total. The Bertz CT molecular complexity index is 237. The van der Waals surface area contributed by atoms with E-state index in [-0.39, 0.29) is 11.3 Å². The molecule has 0 fully saturated rings. The summed E-state index contributed by atoms with van der Waals surface area (Å²) in [6.07, 6.45) is 0.336. The minimum Gasteiger partial charge on any atom is -0.286 e. The van der Waals surface area contributed by atoms with Gasteiger partial charge in [-0.2, -0.15) is 11.4 Å². The van der Waals surface area contributed by atoms with Crippen molar-refractivity contribution in [3.8, 4) is 0 Å². The lowest BCUT2D eigenvalue weighted by Gasteiger charge is -2.27. The maximum atomic E-state index is 10.4. The molecule has 1 N–H and O–H groups in total. The SMILES string of the molecule is CC(C)(CCS(=O)(=O)O)N(Br)Br. The Balaban J connectivity index is 4.10. The molecule has 0 atom stereocenters. The van der Waals surface area contributed by atoms with Crippen LogP contribution in [0.15, 0.2) is 0 Å². The fourth-order valence-electron chi connectivity index (χ4n) is 0.463. The number of nitrogens with zero attached hydrogens (tertiary/aromatic N) is 1. The molecule has 0 saturated heterocycles. The van der Waals surface area contributed by atoms with Crippen LogP contribution in [0, 0.1) is 0 Å². The quantitative estimate of drug-likeness (QED) is 0.634. The van der Waals surface area contributed by atoms with E-state index in [2.05, 4.69) is 32.3 Å². The Hall–Kier alpha value is 0.830. The molecule has 0 aromatic rings. The van der Waals surface area contributed by atoms with Crippen molar-refractivity contribution < 1.29 is 13.0 Å². The lowest BCUT2D eigenvalue weighted by molar-refractivity contribution is 0.370. The molecule has 0 aromatic carbocycles. The Kier molecular flexibility index (Phi) is 4.67. The van der Waals surface area contributed by atoms with Crippen LogP contribution in [0.5, 0.6) is 0 Å². The highest BCUT2D eigenvalue weighted by Crippen LogP contribution is 2.26. The van der Waals surface area contributed by atoms with Crippen molar-refractivity contribution >= 4 is 42.4 Å². The summed E-state index contributed by atoms with van der Waals surface area (Å²) in [6, 6.07) is 0. The van der Waals surface area contributed by atoms with Crippen molar-refractivity contribution in [1.82, 2.24) is 2.95 Å². The molecule has 0 unspecified atom stereocenters. The highest BCUT2D eigenvalue weighted by molar-refractivity contribution is 9.21. The van der Waals surface area contributed by atoms with E-state index in [1.54, 1.807) is 2.95 Å². The van der Waals surface area contributed by atoms with Gasteiger partial charge in [0.25, 0.3) is 10.1 Å². The first kappa shape index (κ1) is 12.8. The second kappa shape index (κ2) is 4.36. The van der Waals surface area contributed by atoms with Gasteiger partial charge in [0.15, 0.2) is 0 Å². The van der Waals surface area contributed by atoms with Gasteiger partial charge in [-0.15, -0.1) is 0 Å². The highest BCUT2D eigenvalue weighted by atomic mass is 79.9. The van der Waals surface area contributed by atoms with Crippen molar-refractivity contribution in [2.75, 3.05) is 5.75 Å². The standard InChI is InChI=1S/C5H11Br2NO3S/c1-5(2,8(6)7)3-4-12(9,10)11/h3-4H2,1-2H3,(H,9,10,11). The van der Waals surface area contributed by atoms with Gasteiger partial charge in [0.2, 0.25) is 0 Å². The number of halogens is 2. The first-order valence-electron chi connectivity index (χ1n) is 3.22. The predicted molar refractivity (Wildman–Crippen MR) is 54.8 cm³/mol. The van der Waals surface area contributed by atoms with Crippen molar-refractivity contribution in [3.63, 3.8) is 0 Å². The summed E-state index contributed by atoms with van der Waals surface area (Å²) >= 11 is 6.27. The fourth-order valence-corrected chi connectivity index (χ4v) is 1.58. The summed E-state index contributed by atoms with van der Waals surface area (Å²) in [5, 5.41) is 0. The maximum absolute atomic E-state index is 10.4. The number of rotatable bonds is 4. The molecule has 0 aliphatic rings. The van der Waals surface area contributed by atoms with Gasteiger partial charge in [0.1, 0.15) is 0 Å². The smallest absolute Gasteiger partial charge is 0.264 e. The fraction of sp³-hybridized carbons (Fsp3) is 1.00. The van der Waals surface area contributed by atoms with Gasteiger partial charge < -0.3 is 0 Å². The van der Waals surface area contributed by atoms with E-state index < -0.39 is 10.1 Å². The van der Waals surface area contributed by atoms with Gasteiger partial charge >= 0.3 is 0 Å². The third kappa shape index (κ3) is 5.47. The normalized spacial score (nSPS) is 13.8. The second-order valence-electron chi connectivity index (χ2n) is 3.08. The van der Waals surface area contributed by atoms with Gasteiger partial charge in [-0.05, 0) is 20.3 Å². The van der Waals surface area contributed by atoms with Gasteiger partial charge in [0, 0.05) is 37.8 Å². The van der Waals surface area contributed by atoms with Crippen LogP contribution in [0.1, 0.15) is 20.3 Å². The van der Waals surface area contributed by atoms with Crippen LogP contribution in [-0.4, -0.2) is 27.2 Å². The summed E-state index contributed by atoms with van der Waals surface area (Å²) < 4.78 is 30.9. The molecule has 0 rings (SSSR count). The van der Waals surface area contributed by atoms with Crippen molar-refractivity contribution in [3.05, 3.63) is 0 Å². The van der Waals surface area contributed by atoms with Crippen LogP contribution in [0.25, 0.3) is 0 Å². The topological polar surface area (TPSA) is 57.6 Å². The van der Waals surface area contributed by atoms with Crippen LogP contribution in [0.4, 0.5) is 0 Å². The van der Waals surface area contributed by atoms with Crippen LogP contribution in [0.3, 0.4) is 0 Å². The van der Waals surface area contributed by atoms with E-state index in [0.29, 0.717) is 6.42 Å². The van der Waals surface area contributed by atoms with E-state index in [9.17, 15) is 8.42 Å². The zero-order valence-corrected chi connectivity index (χ0v) is 10.8. The van der Waals surface area contributed by atoms with E-state index in [1.165, 1.54) is 0 Å². The molecule has 0 saturated carbocycles. The van der Waals surface area contributed by atoms with Crippen molar-refractivity contribution in [2.45, 2.75) is 25.8 Å². The summed E-state index contributed by atoms with van der Waals surface area (Å²) in [6.45, 7) is 3.67. The largest absolute Gasteiger partial charge is 0.286 e. The van der Waals surface area contributed by atoms with Gasteiger partial charge in [-0.1, -0.05) is 0 Å². The Morgan fingerprint density at radius 1 is 1.42 bits per heavy atom. The van der Waals surface area contributed by atoms with Crippen LogP contribution < -0.4 is 0 Å². The Morgan fingerprint density at radius 2 is 1.83 bits per heavy atom. The minimum atomic E-state index is -3.86. The summed E-state index contributed by atoms with van der Waals surface area (Å²) in [5.74, 6) is -0.242. The summed E-state index contributed by atoms with van der Waals surface area (Å²) in [4.78, 5) is 0. The van der Waals surface area contributed by atoms with Crippen molar-refractivity contribution in [1.29, 1.82) is 0 Å². The van der Waals surface area contributed by atoms with Gasteiger partial charge in [-0.3, -0.25) is 4.55 Å². The zero-order valence-electron chi connectivity index (χ0n) is 6.79. The lowest BCUT2D eigenvalue weighted by Crippen LogP contribution is -2.32. The molecule has 0 aliphatic heterocycles. The Labute approximate surface area is 89.7 Å². The molecule has 0 spiro atoms. The number of hydrogen-bond acceptors (Lipinski definition) is 3. The monoisotopic (exact) mass is 323 g/mol.